The standard InChI is InChI=1S/C18H23N3O3.ClH/c1-21(18(23)12-8-14(19)15(22)9-12)10-11-5-6-16(24-2)17-13(11)4-3-7-20-17;/h3-7,12,14-15,22H,8-10,19H2,1-2H3;1H/t12-,14+,15+;/m0./s1. The largest absolute Gasteiger partial charge is 0.494 e. The van der Waals surface area contributed by atoms with Gasteiger partial charge in [0.25, 0.3) is 0 Å². The molecule has 0 saturated heterocycles. The number of hydrogen-bond donors (Lipinski definition) is 2. The fourth-order valence-electron chi connectivity index (χ4n) is 3.40. The van der Waals surface area contributed by atoms with E-state index in [0.29, 0.717) is 25.1 Å². The summed E-state index contributed by atoms with van der Waals surface area (Å²) in [7, 11) is 3.40. The molecule has 1 aliphatic rings. The van der Waals surface area contributed by atoms with Gasteiger partial charge in [0.05, 0.1) is 13.2 Å². The van der Waals surface area contributed by atoms with E-state index in [2.05, 4.69) is 4.98 Å². The summed E-state index contributed by atoms with van der Waals surface area (Å²) in [6.07, 6.45) is 2.12. The maximum absolute atomic E-state index is 12.6. The third kappa shape index (κ3) is 3.86. The second-order valence-corrected chi connectivity index (χ2v) is 6.42. The van der Waals surface area contributed by atoms with Crippen LogP contribution in [0.15, 0.2) is 30.5 Å². The topological polar surface area (TPSA) is 88.7 Å². The summed E-state index contributed by atoms with van der Waals surface area (Å²) in [5.41, 5.74) is 7.62. The summed E-state index contributed by atoms with van der Waals surface area (Å²) in [4.78, 5) is 18.7. The van der Waals surface area contributed by atoms with Gasteiger partial charge >= 0.3 is 0 Å². The van der Waals surface area contributed by atoms with E-state index < -0.39 is 6.10 Å². The quantitative estimate of drug-likeness (QED) is 0.861. The van der Waals surface area contributed by atoms with Crippen molar-refractivity contribution in [3.05, 3.63) is 36.0 Å². The predicted octanol–water partition coefficient (Wildman–Crippen LogP) is 1.72. The number of benzene rings is 1. The van der Waals surface area contributed by atoms with Crippen molar-refractivity contribution in [3.63, 3.8) is 0 Å². The first-order chi connectivity index (χ1) is 11.5. The Bertz CT molecular complexity index is 745. The Balaban J connectivity index is 0.00000225. The highest BCUT2D eigenvalue weighted by molar-refractivity contribution is 5.88. The molecule has 1 aliphatic carbocycles. The Kier molecular flexibility index (Phi) is 6.21. The van der Waals surface area contributed by atoms with Gasteiger partial charge < -0.3 is 20.5 Å². The molecule has 1 fully saturated rings. The van der Waals surface area contributed by atoms with Crippen LogP contribution in [0.25, 0.3) is 10.9 Å². The molecule has 3 atom stereocenters. The molecule has 0 spiro atoms. The molecule has 1 saturated carbocycles. The number of amides is 1. The number of fused-ring (bicyclic) bond motifs is 1. The molecule has 1 aromatic carbocycles. The first-order valence-electron chi connectivity index (χ1n) is 8.10. The van der Waals surface area contributed by atoms with E-state index in [1.165, 1.54) is 0 Å². The molecule has 3 rings (SSSR count). The Morgan fingerprint density at radius 3 is 2.80 bits per heavy atom. The highest BCUT2D eigenvalue weighted by Crippen LogP contribution is 2.29. The molecule has 1 heterocycles. The number of rotatable bonds is 4. The summed E-state index contributed by atoms with van der Waals surface area (Å²) >= 11 is 0. The Morgan fingerprint density at radius 1 is 1.40 bits per heavy atom. The number of ether oxygens (including phenoxy) is 1. The SMILES string of the molecule is COc1ccc(CN(C)C(=O)[C@H]2C[C@@H](N)[C@H](O)C2)c2cccnc12.Cl. The number of halogens is 1. The highest BCUT2D eigenvalue weighted by Gasteiger charge is 2.36. The number of hydrogen-bond acceptors (Lipinski definition) is 5. The van der Waals surface area contributed by atoms with Crippen molar-refractivity contribution in [1.82, 2.24) is 9.88 Å². The first kappa shape index (κ1) is 19.4. The molecule has 3 N–H and O–H groups in total. The summed E-state index contributed by atoms with van der Waals surface area (Å²) in [6.45, 7) is 0.479. The van der Waals surface area contributed by atoms with Crippen molar-refractivity contribution in [2.75, 3.05) is 14.2 Å². The zero-order valence-electron chi connectivity index (χ0n) is 14.4. The van der Waals surface area contributed by atoms with Gasteiger partial charge in [0.15, 0.2) is 0 Å². The third-order valence-corrected chi connectivity index (χ3v) is 4.75. The highest BCUT2D eigenvalue weighted by atomic mass is 35.5. The number of aliphatic hydroxyl groups excluding tert-OH is 1. The average molecular weight is 366 g/mol. The predicted molar refractivity (Wildman–Crippen MR) is 98.7 cm³/mol. The van der Waals surface area contributed by atoms with Crippen LogP contribution in [0.4, 0.5) is 0 Å². The number of carbonyl (C=O) groups excluding carboxylic acids is 1. The summed E-state index contributed by atoms with van der Waals surface area (Å²) < 4.78 is 5.36. The monoisotopic (exact) mass is 365 g/mol. The smallest absolute Gasteiger partial charge is 0.225 e. The zero-order valence-corrected chi connectivity index (χ0v) is 15.2. The molecule has 7 heteroatoms. The first-order valence-corrected chi connectivity index (χ1v) is 8.10. The van der Waals surface area contributed by atoms with E-state index in [4.69, 9.17) is 10.5 Å². The molecule has 136 valence electrons. The van der Waals surface area contributed by atoms with E-state index in [0.717, 1.165) is 16.5 Å². The lowest BCUT2D eigenvalue weighted by molar-refractivity contribution is -0.134. The van der Waals surface area contributed by atoms with E-state index in [9.17, 15) is 9.90 Å². The maximum Gasteiger partial charge on any atom is 0.225 e. The van der Waals surface area contributed by atoms with Crippen LogP contribution in [0.3, 0.4) is 0 Å². The molecule has 1 aromatic heterocycles. The van der Waals surface area contributed by atoms with Crippen molar-refractivity contribution in [3.8, 4) is 5.75 Å². The maximum atomic E-state index is 12.6. The molecule has 25 heavy (non-hydrogen) atoms. The van der Waals surface area contributed by atoms with Crippen LogP contribution in [0, 0.1) is 5.92 Å². The van der Waals surface area contributed by atoms with Crippen LogP contribution in [-0.4, -0.2) is 47.2 Å². The van der Waals surface area contributed by atoms with Crippen molar-refractivity contribution in [2.24, 2.45) is 11.7 Å². The number of nitrogens with zero attached hydrogens (tertiary/aromatic N) is 2. The molecule has 2 aromatic rings. The lowest BCUT2D eigenvalue weighted by Gasteiger charge is -2.22. The van der Waals surface area contributed by atoms with Gasteiger partial charge in [-0.1, -0.05) is 12.1 Å². The second-order valence-electron chi connectivity index (χ2n) is 6.42. The van der Waals surface area contributed by atoms with Gasteiger partial charge in [0.2, 0.25) is 5.91 Å². The van der Waals surface area contributed by atoms with Gasteiger partial charge in [-0.25, -0.2) is 0 Å². The number of nitrogens with two attached hydrogens (primary N) is 1. The van der Waals surface area contributed by atoms with E-state index in [-0.39, 0.29) is 30.3 Å². The molecule has 0 radical (unpaired) electrons. The molecule has 0 unspecified atom stereocenters. The van der Waals surface area contributed by atoms with Crippen LogP contribution in [-0.2, 0) is 11.3 Å². The van der Waals surface area contributed by atoms with Gasteiger partial charge in [-0.3, -0.25) is 9.78 Å². The molecule has 0 aliphatic heterocycles. The molecular formula is C18H24ClN3O3. The van der Waals surface area contributed by atoms with Crippen molar-refractivity contribution in [2.45, 2.75) is 31.5 Å². The van der Waals surface area contributed by atoms with Crippen LogP contribution in [0.1, 0.15) is 18.4 Å². The van der Waals surface area contributed by atoms with Gasteiger partial charge in [0, 0.05) is 37.1 Å². The Labute approximate surface area is 153 Å². The van der Waals surface area contributed by atoms with E-state index in [1.54, 1.807) is 25.3 Å². The summed E-state index contributed by atoms with van der Waals surface area (Å²) in [5, 5.41) is 10.7. The summed E-state index contributed by atoms with van der Waals surface area (Å²) in [5.74, 6) is 0.533. The third-order valence-electron chi connectivity index (χ3n) is 4.75. The molecule has 1 amide bonds. The Hall–Kier alpha value is -1.89. The minimum absolute atomic E-state index is 0. The molecule has 6 nitrogen and oxygen atoms in total. The number of carbonyl (C=O) groups is 1. The van der Waals surface area contributed by atoms with Crippen molar-refractivity contribution >= 4 is 29.2 Å². The van der Waals surface area contributed by atoms with Gasteiger partial charge in [-0.05, 0) is 30.5 Å². The number of pyridine rings is 1. The fraction of sp³-hybridized carbons (Fsp3) is 0.444. The van der Waals surface area contributed by atoms with Gasteiger partial charge in [0.1, 0.15) is 11.3 Å². The average Bonchev–Trinajstić information content (AvgIpc) is 2.93. The van der Waals surface area contributed by atoms with Crippen LogP contribution >= 0.6 is 12.4 Å². The second kappa shape index (κ2) is 7.99. The van der Waals surface area contributed by atoms with E-state index in [1.807, 2.05) is 24.3 Å². The number of aliphatic hydroxyl groups is 1. The minimum Gasteiger partial charge on any atom is -0.494 e. The van der Waals surface area contributed by atoms with Crippen LogP contribution in [0.5, 0.6) is 5.75 Å². The molecule has 0 bridgehead atoms. The minimum atomic E-state index is -0.585. The van der Waals surface area contributed by atoms with Crippen molar-refractivity contribution in [1.29, 1.82) is 0 Å². The fourth-order valence-corrected chi connectivity index (χ4v) is 3.40. The van der Waals surface area contributed by atoms with Crippen LogP contribution in [0.2, 0.25) is 0 Å². The lowest BCUT2D eigenvalue weighted by Crippen LogP contribution is -2.32. The lowest BCUT2D eigenvalue weighted by atomic mass is 10.0. The Morgan fingerprint density at radius 2 is 2.16 bits per heavy atom. The van der Waals surface area contributed by atoms with Gasteiger partial charge in [-0.15, -0.1) is 12.4 Å². The van der Waals surface area contributed by atoms with Crippen LogP contribution < -0.4 is 10.5 Å². The normalized spacial score (nSPS) is 22.5. The van der Waals surface area contributed by atoms with E-state index >= 15 is 0 Å². The molecular weight excluding hydrogens is 342 g/mol. The van der Waals surface area contributed by atoms with Gasteiger partial charge in [-0.2, -0.15) is 0 Å². The number of aromatic nitrogens is 1. The van der Waals surface area contributed by atoms with Crippen molar-refractivity contribution < 1.29 is 14.6 Å². The zero-order chi connectivity index (χ0) is 17.3. The number of methoxy groups -OCH3 is 1. The summed E-state index contributed by atoms with van der Waals surface area (Å²) in [6, 6.07) is 7.38.